The zero-order valence-electron chi connectivity index (χ0n) is 12.1. The van der Waals surface area contributed by atoms with Gasteiger partial charge in [0.05, 0.1) is 11.3 Å². The van der Waals surface area contributed by atoms with Crippen LogP contribution in [0, 0.1) is 6.92 Å². The molecule has 0 aliphatic heterocycles. The highest BCUT2D eigenvalue weighted by Gasteiger charge is 2.17. The Hall–Kier alpha value is -2.90. The summed E-state index contributed by atoms with van der Waals surface area (Å²) in [5.74, 6) is -0.201. The molecule has 0 aliphatic carbocycles. The molecule has 0 aliphatic rings. The van der Waals surface area contributed by atoms with Crippen LogP contribution in [0.2, 0.25) is 0 Å². The summed E-state index contributed by atoms with van der Waals surface area (Å²) in [6.07, 6.45) is -1.33. The number of hydrogen-bond acceptors (Lipinski definition) is 6. The molecular formula is C15H12F2N4O2. The van der Waals surface area contributed by atoms with Crippen molar-refractivity contribution in [1.29, 1.82) is 0 Å². The topological polar surface area (TPSA) is 73.9 Å². The predicted octanol–water partition coefficient (Wildman–Crippen LogP) is 3.35. The lowest BCUT2D eigenvalue weighted by atomic mass is 10.2. The molecule has 0 amide bonds. The van der Waals surface area contributed by atoms with Crippen LogP contribution in [0.1, 0.15) is 23.7 Å². The Kier molecular flexibility index (Phi) is 4.22. The Morgan fingerprint density at radius 2 is 2.04 bits per heavy atom. The second kappa shape index (κ2) is 6.47. The Morgan fingerprint density at radius 1 is 1.17 bits per heavy atom. The first-order chi connectivity index (χ1) is 11.1. The van der Waals surface area contributed by atoms with Crippen molar-refractivity contribution in [2.75, 3.05) is 0 Å². The molecule has 3 heterocycles. The number of nitrogens with zero attached hydrogens (tertiary/aromatic N) is 4. The van der Waals surface area contributed by atoms with Crippen LogP contribution in [0.3, 0.4) is 0 Å². The summed E-state index contributed by atoms with van der Waals surface area (Å²) in [5, 5.41) is 6.83. The van der Waals surface area contributed by atoms with Gasteiger partial charge >= 0.3 is 6.43 Å². The molecule has 0 saturated heterocycles. The molecule has 8 heteroatoms. The van der Waals surface area contributed by atoms with E-state index in [0.717, 1.165) is 5.69 Å². The largest absolute Gasteiger partial charge is 0.471 e. The van der Waals surface area contributed by atoms with E-state index in [4.69, 9.17) is 9.15 Å². The van der Waals surface area contributed by atoms with E-state index in [2.05, 4.69) is 20.2 Å². The summed E-state index contributed by atoms with van der Waals surface area (Å²) < 4.78 is 35.2. The molecule has 0 aromatic carbocycles. The van der Waals surface area contributed by atoms with E-state index in [1.165, 1.54) is 6.20 Å². The fourth-order valence-electron chi connectivity index (χ4n) is 1.82. The van der Waals surface area contributed by atoms with Crippen molar-refractivity contribution in [2.24, 2.45) is 0 Å². The maximum Gasteiger partial charge on any atom is 0.314 e. The van der Waals surface area contributed by atoms with Crippen LogP contribution < -0.4 is 4.74 Å². The van der Waals surface area contributed by atoms with Gasteiger partial charge in [0.25, 0.3) is 5.89 Å². The van der Waals surface area contributed by atoms with Gasteiger partial charge in [-0.3, -0.25) is 4.98 Å². The number of rotatable bonds is 5. The molecule has 23 heavy (non-hydrogen) atoms. The van der Waals surface area contributed by atoms with Crippen LogP contribution in [0.4, 0.5) is 8.78 Å². The number of alkyl halides is 2. The lowest BCUT2D eigenvalue weighted by Gasteiger charge is -2.05. The number of halogens is 2. The first-order valence-electron chi connectivity index (χ1n) is 6.75. The maximum absolute atomic E-state index is 12.4. The zero-order valence-corrected chi connectivity index (χ0v) is 12.1. The van der Waals surface area contributed by atoms with E-state index >= 15 is 0 Å². The lowest BCUT2D eigenvalue weighted by molar-refractivity contribution is 0.116. The van der Waals surface area contributed by atoms with E-state index < -0.39 is 12.3 Å². The molecule has 0 bridgehead atoms. The second-order valence-corrected chi connectivity index (χ2v) is 4.69. The Balaban J connectivity index is 1.67. The molecule has 118 valence electrons. The van der Waals surface area contributed by atoms with Crippen LogP contribution >= 0.6 is 0 Å². The van der Waals surface area contributed by atoms with Gasteiger partial charge in [0.2, 0.25) is 11.8 Å². The highest BCUT2D eigenvalue weighted by atomic mass is 19.3. The number of hydrogen-bond donors (Lipinski definition) is 0. The third-order valence-electron chi connectivity index (χ3n) is 2.93. The summed E-state index contributed by atoms with van der Waals surface area (Å²) in [4.78, 5) is 8.40. The van der Waals surface area contributed by atoms with Gasteiger partial charge in [-0.2, -0.15) is 8.78 Å². The van der Waals surface area contributed by atoms with Gasteiger partial charge in [0, 0.05) is 18.0 Å². The van der Waals surface area contributed by atoms with Gasteiger partial charge in [-0.15, -0.1) is 10.2 Å². The molecule has 0 saturated carbocycles. The first-order valence-corrected chi connectivity index (χ1v) is 6.75. The van der Waals surface area contributed by atoms with Crippen LogP contribution in [0.5, 0.6) is 5.88 Å². The average Bonchev–Trinajstić information content (AvgIpc) is 3.04. The van der Waals surface area contributed by atoms with Crippen molar-refractivity contribution in [3.8, 4) is 17.3 Å². The Bertz CT molecular complexity index is 790. The van der Waals surface area contributed by atoms with Crippen molar-refractivity contribution in [1.82, 2.24) is 20.2 Å². The molecule has 3 rings (SSSR count). The third-order valence-corrected chi connectivity index (χ3v) is 2.93. The van der Waals surface area contributed by atoms with Crippen LogP contribution in [0.15, 0.2) is 40.9 Å². The molecule has 3 aromatic rings. The van der Waals surface area contributed by atoms with Gasteiger partial charge in [-0.25, -0.2) is 4.98 Å². The summed E-state index contributed by atoms with van der Waals surface area (Å²) in [7, 11) is 0. The molecule has 0 radical (unpaired) electrons. The highest BCUT2D eigenvalue weighted by molar-refractivity contribution is 5.50. The number of ether oxygens (including phenoxy) is 1. The quantitative estimate of drug-likeness (QED) is 0.718. The van der Waals surface area contributed by atoms with Crippen molar-refractivity contribution in [2.45, 2.75) is 20.0 Å². The van der Waals surface area contributed by atoms with E-state index in [9.17, 15) is 8.78 Å². The number of pyridine rings is 2. The lowest BCUT2D eigenvalue weighted by Crippen LogP contribution is -2.00. The SMILES string of the molecule is Cc1cccc(OCc2ccc(-c3nnc(C(F)F)o3)cn2)n1. The Labute approximate surface area is 130 Å². The molecule has 0 spiro atoms. The van der Waals surface area contributed by atoms with Gasteiger partial charge in [0.15, 0.2) is 0 Å². The molecule has 0 N–H and O–H groups in total. The summed E-state index contributed by atoms with van der Waals surface area (Å²) in [6, 6.07) is 8.82. The van der Waals surface area contributed by atoms with Crippen LogP contribution in [-0.2, 0) is 6.61 Å². The molecule has 0 fully saturated rings. The maximum atomic E-state index is 12.4. The third kappa shape index (κ3) is 3.65. The van der Waals surface area contributed by atoms with Gasteiger partial charge in [0.1, 0.15) is 6.61 Å². The molecule has 6 nitrogen and oxygen atoms in total. The average molecular weight is 318 g/mol. The van der Waals surface area contributed by atoms with E-state index in [1.54, 1.807) is 18.2 Å². The predicted molar refractivity (Wildman–Crippen MR) is 75.8 cm³/mol. The fourth-order valence-corrected chi connectivity index (χ4v) is 1.82. The molecular weight excluding hydrogens is 306 g/mol. The minimum absolute atomic E-state index is 0.000573. The van der Waals surface area contributed by atoms with Crippen molar-refractivity contribution >= 4 is 0 Å². The Morgan fingerprint density at radius 3 is 2.70 bits per heavy atom. The van der Waals surface area contributed by atoms with Crippen LogP contribution in [-0.4, -0.2) is 20.2 Å². The smallest absolute Gasteiger partial charge is 0.314 e. The molecule has 3 aromatic heterocycles. The highest BCUT2D eigenvalue weighted by Crippen LogP contribution is 2.22. The van der Waals surface area contributed by atoms with E-state index in [0.29, 0.717) is 17.1 Å². The van der Waals surface area contributed by atoms with Gasteiger partial charge < -0.3 is 9.15 Å². The minimum Gasteiger partial charge on any atom is -0.471 e. The zero-order chi connectivity index (χ0) is 16.2. The molecule has 0 atom stereocenters. The van der Waals surface area contributed by atoms with Crippen molar-refractivity contribution in [3.63, 3.8) is 0 Å². The standard InChI is InChI=1S/C15H12F2N4O2/c1-9-3-2-4-12(19-9)22-8-11-6-5-10(7-18-11)14-20-21-15(23-14)13(16)17/h2-7,13H,8H2,1H3. The monoisotopic (exact) mass is 318 g/mol. The van der Waals surface area contributed by atoms with Crippen LogP contribution in [0.25, 0.3) is 11.5 Å². The number of aromatic nitrogens is 4. The first kappa shape index (κ1) is 15.0. The van der Waals surface area contributed by atoms with E-state index in [1.807, 2.05) is 19.1 Å². The second-order valence-electron chi connectivity index (χ2n) is 4.69. The summed E-state index contributed by atoms with van der Waals surface area (Å²) in [6.45, 7) is 2.11. The minimum atomic E-state index is -2.79. The van der Waals surface area contributed by atoms with Crippen molar-refractivity contribution < 1.29 is 17.9 Å². The summed E-state index contributed by atoms with van der Waals surface area (Å²) >= 11 is 0. The number of aryl methyl sites for hydroxylation is 1. The van der Waals surface area contributed by atoms with Crippen molar-refractivity contribution in [3.05, 3.63) is 53.8 Å². The molecule has 0 unspecified atom stereocenters. The fraction of sp³-hybridized carbons (Fsp3) is 0.200. The van der Waals surface area contributed by atoms with Gasteiger partial charge in [-0.1, -0.05) is 6.07 Å². The van der Waals surface area contributed by atoms with Gasteiger partial charge in [-0.05, 0) is 25.1 Å². The normalized spacial score (nSPS) is 11.0. The summed E-state index contributed by atoms with van der Waals surface area (Å²) in [5.41, 5.74) is 1.98. The van der Waals surface area contributed by atoms with E-state index in [-0.39, 0.29) is 12.5 Å².